The van der Waals surface area contributed by atoms with E-state index in [9.17, 15) is 18.0 Å². The van der Waals surface area contributed by atoms with Gasteiger partial charge >= 0.3 is 6.18 Å². The van der Waals surface area contributed by atoms with E-state index in [-0.39, 0.29) is 22.2 Å². The smallest absolute Gasteiger partial charge is 0.325 e. The van der Waals surface area contributed by atoms with Gasteiger partial charge in [-0.15, -0.1) is 0 Å². The summed E-state index contributed by atoms with van der Waals surface area (Å²) in [5.41, 5.74) is 1.82. The minimum Gasteiger partial charge on any atom is -0.325 e. The number of hydrogen-bond donors (Lipinski definition) is 1. The molecule has 0 aliphatic carbocycles. The number of anilines is 1. The second kappa shape index (κ2) is 7.33. The van der Waals surface area contributed by atoms with Gasteiger partial charge in [0.25, 0.3) is 0 Å². The summed E-state index contributed by atoms with van der Waals surface area (Å²) in [5, 5.41) is 3.33. The summed E-state index contributed by atoms with van der Waals surface area (Å²) in [5.74, 6) is -1.60. The highest BCUT2D eigenvalue weighted by molar-refractivity contribution is 8.00. The Balaban J connectivity index is 1.80. The second-order valence-corrected chi connectivity index (χ2v) is 6.54. The van der Waals surface area contributed by atoms with Gasteiger partial charge in [-0.25, -0.2) is 9.97 Å². The van der Waals surface area contributed by atoms with E-state index >= 15 is 0 Å². The zero-order valence-electron chi connectivity index (χ0n) is 13.7. The molecule has 1 heterocycles. The molecule has 0 fully saturated rings. The Kier molecular flexibility index (Phi) is 5.13. The van der Waals surface area contributed by atoms with E-state index in [0.29, 0.717) is 11.1 Å². The highest BCUT2D eigenvalue weighted by Crippen LogP contribution is 2.32. The summed E-state index contributed by atoms with van der Waals surface area (Å²) in [6.07, 6.45) is -4.65. The number of aromatic nitrogens is 2. The van der Waals surface area contributed by atoms with Gasteiger partial charge in [-0.1, -0.05) is 42.1 Å². The van der Waals surface area contributed by atoms with Gasteiger partial charge < -0.3 is 5.32 Å². The fourth-order valence-corrected chi connectivity index (χ4v) is 3.16. The summed E-state index contributed by atoms with van der Waals surface area (Å²) in [6, 6.07) is 13.7. The maximum absolute atomic E-state index is 13.0. The van der Waals surface area contributed by atoms with Crippen molar-refractivity contribution >= 4 is 34.3 Å². The number of fused-ring (bicyclic) bond motifs is 1. The van der Waals surface area contributed by atoms with Crippen molar-refractivity contribution in [3.05, 3.63) is 59.9 Å². The predicted octanol–water partition coefficient (Wildman–Crippen LogP) is 4.69. The number of benzene rings is 2. The molecule has 0 spiro atoms. The lowest BCUT2D eigenvalue weighted by Gasteiger charge is -2.10. The molecule has 0 saturated carbocycles. The Labute approximate surface area is 151 Å². The molecule has 2 aromatic carbocycles. The first-order valence-corrected chi connectivity index (χ1v) is 8.65. The van der Waals surface area contributed by atoms with Crippen molar-refractivity contribution in [1.82, 2.24) is 9.97 Å². The molecule has 1 amide bonds. The average Bonchev–Trinajstić information content (AvgIpc) is 2.58. The zero-order valence-corrected chi connectivity index (χ0v) is 14.5. The highest BCUT2D eigenvalue weighted by atomic mass is 32.2. The number of hydrogen-bond acceptors (Lipinski definition) is 4. The van der Waals surface area contributed by atoms with Crippen molar-refractivity contribution in [3.8, 4) is 0 Å². The quantitative estimate of drug-likeness (QED) is 0.529. The molecule has 3 aromatic rings. The number of amides is 1. The molecule has 0 atom stereocenters. The Morgan fingerprint density at radius 3 is 2.62 bits per heavy atom. The van der Waals surface area contributed by atoms with Crippen LogP contribution in [0.4, 0.5) is 18.9 Å². The number of nitrogens with one attached hydrogen (secondary N) is 1. The molecule has 4 nitrogen and oxygen atoms in total. The number of nitrogens with zero attached hydrogens (tertiary/aromatic N) is 2. The molecule has 0 aliphatic rings. The van der Waals surface area contributed by atoms with Crippen molar-refractivity contribution in [3.63, 3.8) is 0 Å². The van der Waals surface area contributed by atoms with Crippen LogP contribution in [0.5, 0.6) is 0 Å². The molecule has 1 N–H and O–H groups in total. The van der Waals surface area contributed by atoms with Gasteiger partial charge in [0.15, 0.2) is 0 Å². The molecular weight excluding hydrogens is 363 g/mol. The largest absolute Gasteiger partial charge is 0.451 e. The lowest BCUT2D eigenvalue weighted by atomic mass is 10.2. The highest BCUT2D eigenvalue weighted by Gasteiger charge is 2.35. The average molecular weight is 377 g/mol. The van der Waals surface area contributed by atoms with E-state index in [0.717, 1.165) is 17.3 Å². The molecule has 134 valence electrons. The summed E-state index contributed by atoms with van der Waals surface area (Å²) >= 11 is 0.949. The van der Waals surface area contributed by atoms with E-state index < -0.39 is 12.0 Å². The molecule has 1 aromatic heterocycles. The Morgan fingerprint density at radius 2 is 1.88 bits per heavy atom. The van der Waals surface area contributed by atoms with Crippen LogP contribution in [-0.2, 0) is 11.0 Å². The minimum atomic E-state index is -4.65. The predicted molar refractivity (Wildman–Crippen MR) is 95.1 cm³/mol. The fraction of sp³-hybridized carbons (Fsp3) is 0.167. The van der Waals surface area contributed by atoms with Gasteiger partial charge in [0.05, 0.1) is 11.3 Å². The topological polar surface area (TPSA) is 54.9 Å². The normalized spacial score (nSPS) is 11.5. The lowest BCUT2D eigenvalue weighted by Crippen LogP contribution is -2.15. The first kappa shape index (κ1) is 18.2. The summed E-state index contributed by atoms with van der Waals surface area (Å²) in [4.78, 5) is 19.3. The summed E-state index contributed by atoms with van der Waals surface area (Å²) in [7, 11) is 0. The van der Waals surface area contributed by atoms with Gasteiger partial charge in [-0.2, -0.15) is 13.2 Å². The van der Waals surface area contributed by atoms with Crippen LogP contribution in [0.15, 0.2) is 53.6 Å². The van der Waals surface area contributed by atoms with E-state index in [2.05, 4.69) is 15.3 Å². The SMILES string of the molecule is Cc1cccc(NC(=O)CSc2nc(C(F)(F)F)nc3ccccc23)c1. The number of carbonyl (C=O) groups is 1. The van der Waals surface area contributed by atoms with Gasteiger partial charge in [0, 0.05) is 11.1 Å². The third kappa shape index (κ3) is 4.32. The summed E-state index contributed by atoms with van der Waals surface area (Å²) in [6.45, 7) is 1.90. The molecule has 26 heavy (non-hydrogen) atoms. The second-order valence-electron chi connectivity index (χ2n) is 5.57. The fourth-order valence-electron chi connectivity index (χ4n) is 2.34. The number of carbonyl (C=O) groups excluding carboxylic acids is 1. The van der Waals surface area contributed by atoms with Gasteiger partial charge in [-0.05, 0) is 30.7 Å². The van der Waals surface area contributed by atoms with Gasteiger partial charge in [-0.3, -0.25) is 4.79 Å². The Morgan fingerprint density at radius 1 is 1.12 bits per heavy atom. The van der Waals surface area contributed by atoms with E-state index in [1.54, 1.807) is 24.3 Å². The lowest BCUT2D eigenvalue weighted by molar-refractivity contribution is -0.145. The molecular formula is C18H14F3N3OS. The number of alkyl halides is 3. The Bertz CT molecular complexity index is 960. The van der Waals surface area contributed by atoms with Crippen molar-refractivity contribution in [2.45, 2.75) is 18.1 Å². The number of thioether (sulfide) groups is 1. The number of aryl methyl sites for hydroxylation is 1. The maximum Gasteiger partial charge on any atom is 0.451 e. The van der Waals surface area contributed by atoms with Crippen molar-refractivity contribution in [2.24, 2.45) is 0 Å². The van der Waals surface area contributed by atoms with E-state index in [1.807, 2.05) is 25.1 Å². The first-order chi connectivity index (χ1) is 12.3. The Hall–Kier alpha value is -2.61. The third-order valence-electron chi connectivity index (χ3n) is 3.46. The van der Waals surface area contributed by atoms with Crippen LogP contribution in [0.1, 0.15) is 11.4 Å². The molecule has 0 unspecified atom stereocenters. The molecule has 0 bridgehead atoms. The summed E-state index contributed by atoms with van der Waals surface area (Å²) < 4.78 is 39.0. The van der Waals surface area contributed by atoms with Crippen molar-refractivity contribution in [2.75, 3.05) is 11.1 Å². The van der Waals surface area contributed by atoms with E-state index in [1.165, 1.54) is 6.07 Å². The van der Waals surface area contributed by atoms with Crippen LogP contribution in [0, 0.1) is 6.92 Å². The van der Waals surface area contributed by atoms with Crippen LogP contribution >= 0.6 is 11.8 Å². The van der Waals surface area contributed by atoms with Crippen molar-refractivity contribution < 1.29 is 18.0 Å². The van der Waals surface area contributed by atoms with E-state index in [4.69, 9.17) is 0 Å². The zero-order chi connectivity index (χ0) is 18.7. The van der Waals surface area contributed by atoms with Crippen molar-refractivity contribution in [1.29, 1.82) is 0 Å². The van der Waals surface area contributed by atoms with Gasteiger partial charge in [0.2, 0.25) is 11.7 Å². The van der Waals surface area contributed by atoms with Gasteiger partial charge in [0.1, 0.15) is 5.03 Å². The van der Waals surface area contributed by atoms with Crippen LogP contribution in [0.2, 0.25) is 0 Å². The molecule has 3 rings (SSSR count). The molecule has 8 heteroatoms. The maximum atomic E-state index is 13.0. The molecule has 0 radical (unpaired) electrons. The van der Waals surface area contributed by atoms with Crippen LogP contribution in [0.25, 0.3) is 10.9 Å². The monoisotopic (exact) mass is 377 g/mol. The van der Waals surface area contributed by atoms with Crippen LogP contribution < -0.4 is 5.32 Å². The number of para-hydroxylation sites is 1. The number of rotatable bonds is 4. The van der Waals surface area contributed by atoms with Crippen LogP contribution in [0.3, 0.4) is 0 Å². The minimum absolute atomic E-state index is 0.0632. The third-order valence-corrected chi connectivity index (χ3v) is 4.45. The molecule has 0 saturated heterocycles. The number of halogens is 3. The first-order valence-electron chi connectivity index (χ1n) is 7.66. The molecule has 0 aliphatic heterocycles. The standard InChI is InChI=1S/C18H14F3N3OS/c1-11-5-4-6-12(9-11)22-15(25)10-26-16-13-7-2-3-8-14(13)23-17(24-16)18(19,20)21/h2-9H,10H2,1H3,(H,22,25). The van der Waals surface area contributed by atoms with Crippen LogP contribution in [-0.4, -0.2) is 21.6 Å².